The lowest BCUT2D eigenvalue weighted by Crippen LogP contribution is -2.38. The van der Waals surface area contributed by atoms with Crippen molar-refractivity contribution < 1.29 is 14.3 Å². The number of carbonyl (C=O) groups excluding carboxylic acids is 2. The van der Waals surface area contributed by atoms with Crippen molar-refractivity contribution in [3.63, 3.8) is 0 Å². The fourth-order valence-electron chi connectivity index (χ4n) is 2.54. The van der Waals surface area contributed by atoms with Gasteiger partial charge in [-0.3, -0.25) is 9.59 Å². The molecule has 0 aliphatic heterocycles. The molecule has 0 aromatic heterocycles. The van der Waals surface area contributed by atoms with Crippen molar-refractivity contribution in [1.29, 1.82) is 0 Å². The third kappa shape index (κ3) is 3.80. The summed E-state index contributed by atoms with van der Waals surface area (Å²) in [4.78, 5) is 24.1. The van der Waals surface area contributed by atoms with Crippen molar-refractivity contribution >= 4 is 23.5 Å². The van der Waals surface area contributed by atoms with E-state index in [1.165, 1.54) is 0 Å². The topological polar surface area (TPSA) is 55.4 Å². The van der Waals surface area contributed by atoms with Gasteiger partial charge >= 0.3 is 5.97 Å². The molecular weight excluding hydrogens is 302 g/mol. The molecule has 1 saturated carbocycles. The number of amides is 1. The van der Waals surface area contributed by atoms with Gasteiger partial charge in [-0.15, -0.1) is 0 Å². The summed E-state index contributed by atoms with van der Waals surface area (Å²) in [6.07, 6.45) is 3.24. The molecule has 0 spiro atoms. The third-order valence-corrected chi connectivity index (χ3v) is 4.47. The van der Waals surface area contributed by atoms with Gasteiger partial charge < -0.3 is 10.1 Å². The molecule has 0 unspecified atom stereocenters. The fourth-order valence-corrected chi connectivity index (χ4v) is 2.66. The van der Waals surface area contributed by atoms with Crippen LogP contribution in [-0.4, -0.2) is 24.5 Å². The zero-order chi connectivity index (χ0) is 16.2. The predicted octanol–water partition coefficient (Wildman–Crippen LogP) is 3.22. The normalized spacial score (nSPS) is 15.5. The highest BCUT2D eigenvalue weighted by atomic mass is 35.5. The number of esters is 1. The van der Waals surface area contributed by atoms with Crippen LogP contribution in [0.2, 0.25) is 5.02 Å². The van der Waals surface area contributed by atoms with Crippen LogP contribution in [0.3, 0.4) is 0 Å². The first-order valence-electron chi connectivity index (χ1n) is 7.74. The number of carbonyl (C=O) groups is 2. The Morgan fingerprint density at radius 2 is 1.82 bits per heavy atom. The molecule has 0 atom stereocenters. The Bertz CT molecular complexity index is 533. The third-order valence-electron chi connectivity index (χ3n) is 4.22. The van der Waals surface area contributed by atoms with Crippen molar-refractivity contribution in [3.8, 4) is 0 Å². The summed E-state index contributed by atoms with van der Waals surface area (Å²) in [5.74, 6) is -0.566. The van der Waals surface area contributed by atoms with Gasteiger partial charge in [-0.2, -0.15) is 0 Å². The van der Waals surface area contributed by atoms with Crippen LogP contribution in [0.1, 0.15) is 45.1 Å². The Kier molecular flexibility index (Phi) is 5.46. The van der Waals surface area contributed by atoms with Gasteiger partial charge in [0.2, 0.25) is 0 Å². The minimum absolute atomic E-state index is 0.136. The van der Waals surface area contributed by atoms with Crippen molar-refractivity contribution in [2.75, 3.05) is 6.61 Å². The van der Waals surface area contributed by atoms with Gasteiger partial charge in [0, 0.05) is 11.1 Å². The number of ether oxygens (including phenoxy) is 1. The molecule has 0 heterocycles. The first-order chi connectivity index (χ1) is 10.5. The Morgan fingerprint density at radius 3 is 2.32 bits per heavy atom. The van der Waals surface area contributed by atoms with E-state index in [9.17, 15) is 9.59 Å². The van der Waals surface area contributed by atoms with Gasteiger partial charge in [-0.05, 0) is 43.4 Å². The standard InChI is InChI=1S/C17H22ClNO3/c1-3-14(4-2)19-15(20)11-22-16(21)17(9-10-17)12-5-7-13(18)8-6-12/h5-8,14H,3-4,9-11H2,1-2H3,(H,19,20). The van der Waals surface area contributed by atoms with Gasteiger partial charge in [0.05, 0.1) is 5.41 Å². The van der Waals surface area contributed by atoms with E-state index in [1.807, 2.05) is 26.0 Å². The van der Waals surface area contributed by atoms with Gasteiger partial charge in [-0.25, -0.2) is 0 Å². The number of hydrogen-bond donors (Lipinski definition) is 1. The Hall–Kier alpha value is -1.55. The van der Waals surface area contributed by atoms with E-state index in [-0.39, 0.29) is 24.5 Å². The number of rotatable bonds is 7. The lowest BCUT2D eigenvalue weighted by atomic mass is 9.96. The average molecular weight is 324 g/mol. The zero-order valence-corrected chi connectivity index (χ0v) is 13.8. The molecule has 22 heavy (non-hydrogen) atoms. The summed E-state index contributed by atoms with van der Waals surface area (Å²) in [7, 11) is 0. The second-order valence-corrected chi connectivity index (χ2v) is 6.18. The molecular formula is C17H22ClNO3. The Labute approximate surface area is 136 Å². The van der Waals surface area contributed by atoms with Crippen molar-refractivity contribution in [2.45, 2.75) is 51.0 Å². The summed E-state index contributed by atoms with van der Waals surface area (Å²) in [6.45, 7) is 3.81. The van der Waals surface area contributed by atoms with Gasteiger partial charge in [-0.1, -0.05) is 37.6 Å². The molecule has 5 heteroatoms. The highest BCUT2D eigenvalue weighted by molar-refractivity contribution is 6.30. The average Bonchev–Trinajstić information content (AvgIpc) is 3.32. The summed E-state index contributed by atoms with van der Waals surface area (Å²) in [5.41, 5.74) is 0.321. The van der Waals surface area contributed by atoms with Crippen LogP contribution >= 0.6 is 11.6 Å². The van der Waals surface area contributed by atoms with Crippen molar-refractivity contribution in [3.05, 3.63) is 34.9 Å². The maximum absolute atomic E-state index is 12.3. The molecule has 1 aromatic rings. The molecule has 1 amide bonds. The van der Waals surface area contributed by atoms with Crippen molar-refractivity contribution in [2.24, 2.45) is 0 Å². The van der Waals surface area contributed by atoms with Crippen LogP contribution in [0.25, 0.3) is 0 Å². The van der Waals surface area contributed by atoms with E-state index in [2.05, 4.69) is 5.32 Å². The van der Waals surface area contributed by atoms with Crippen LogP contribution in [0.15, 0.2) is 24.3 Å². The zero-order valence-electron chi connectivity index (χ0n) is 13.0. The predicted molar refractivity (Wildman–Crippen MR) is 85.8 cm³/mol. The number of halogens is 1. The maximum Gasteiger partial charge on any atom is 0.317 e. The molecule has 0 bridgehead atoms. The SMILES string of the molecule is CCC(CC)NC(=O)COC(=O)C1(c2ccc(Cl)cc2)CC1. The van der Waals surface area contributed by atoms with E-state index in [0.717, 1.165) is 31.2 Å². The Balaban J connectivity index is 1.89. The van der Waals surface area contributed by atoms with Crippen molar-refractivity contribution in [1.82, 2.24) is 5.32 Å². The van der Waals surface area contributed by atoms with E-state index in [0.29, 0.717) is 5.02 Å². The second-order valence-electron chi connectivity index (χ2n) is 5.75. The number of nitrogens with one attached hydrogen (secondary N) is 1. The molecule has 120 valence electrons. The van der Waals surface area contributed by atoms with E-state index in [4.69, 9.17) is 16.3 Å². The smallest absolute Gasteiger partial charge is 0.317 e. The molecule has 4 nitrogen and oxygen atoms in total. The number of hydrogen-bond acceptors (Lipinski definition) is 3. The van der Waals surface area contributed by atoms with E-state index >= 15 is 0 Å². The fraction of sp³-hybridized carbons (Fsp3) is 0.529. The van der Waals surface area contributed by atoms with Crippen LogP contribution in [0, 0.1) is 0 Å². The molecule has 0 radical (unpaired) electrons. The number of benzene rings is 1. The quantitative estimate of drug-likeness (QED) is 0.784. The molecule has 1 aliphatic carbocycles. The van der Waals surface area contributed by atoms with Crippen LogP contribution in [0.4, 0.5) is 0 Å². The maximum atomic E-state index is 12.3. The minimum atomic E-state index is -0.584. The second kappa shape index (κ2) is 7.14. The monoisotopic (exact) mass is 323 g/mol. The van der Waals surface area contributed by atoms with Gasteiger partial charge in [0.1, 0.15) is 0 Å². The molecule has 1 aromatic carbocycles. The summed E-state index contributed by atoms with van der Waals surface area (Å²) >= 11 is 5.87. The Morgan fingerprint density at radius 1 is 1.23 bits per heavy atom. The molecule has 2 rings (SSSR count). The lowest BCUT2D eigenvalue weighted by Gasteiger charge is -2.17. The lowest BCUT2D eigenvalue weighted by molar-refractivity contribution is -0.151. The largest absolute Gasteiger partial charge is 0.455 e. The summed E-state index contributed by atoms with van der Waals surface area (Å²) < 4.78 is 5.22. The highest BCUT2D eigenvalue weighted by Gasteiger charge is 2.52. The first-order valence-corrected chi connectivity index (χ1v) is 8.12. The molecule has 1 fully saturated rings. The van der Waals surface area contributed by atoms with Gasteiger partial charge in [0.15, 0.2) is 6.61 Å². The van der Waals surface area contributed by atoms with Crippen LogP contribution in [0.5, 0.6) is 0 Å². The minimum Gasteiger partial charge on any atom is -0.455 e. The first kappa shape index (κ1) is 16.8. The molecule has 1 N–H and O–H groups in total. The van der Waals surface area contributed by atoms with Gasteiger partial charge in [0.25, 0.3) is 5.91 Å². The molecule has 1 aliphatic rings. The molecule has 0 saturated heterocycles. The van der Waals surface area contributed by atoms with Crippen LogP contribution in [-0.2, 0) is 19.7 Å². The van der Waals surface area contributed by atoms with Crippen LogP contribution < -0.4 is 5.32 Å². The summed E-state index contributed by atoms with van der Waals surface area (Å²) in [5, 5.41) is 3.49. The highest BCUT2D eigenvalue weighted by Crippen LogP contribution is 2.49. The summed E-state index contributed by atoms with van der Waals surface area (Å²) in [6, 6.07) is 7.37. The van der Waals surface area contributed by atoms with E-state index < -0.39 is 5.41 Å². The van der Waals surface area contributed by atoms with E-state index in [1.54, 1.807) is 12.1 Å².